The minimum Gasteiger partial charge on any atom is -0.478 e. The molecule has 2 rings (SSSR count). The van der Waals surface area contributed by atoms with E-state index in [-0.39, 0.29) is 5.56 Å². The van der Waals surface area contributed by atoms with Crippen LogP contribution < -0.4 is 0 Å². The highest BCUT2D eigenvalue weighted by Gasteiger charge is 2.13. The van der Waals surface area contributed by atoms with E-state index < -0.39 is 5.97 Å². The van der Waals surface area contributed by atoms with Crippen molar-refractivity contribution in [1.29, 1.82) is 0 Å². The Labute approximate surface area is 88.3 Å². The topological polar surface area (TPSA) is 55.1 Å². The van der Waals surface area contributed by atoms with Gasteiger partial charge >= 0.3 is 5.97 Å². The fourth-order valence-corrected chi connectivity index (χ4v) is 1.81. The van der Waals surface area contributed by atoms with Crippen molar-refractivity contribution in [2.24, 2.45) is 7.05 Å². The summed E-state index contributed by atoms with van der Waals surface area (Å²) in [5, 5.41) is 8.96. The first-order valence-electron chi connectivity index (χ1n) is 3.94. The molecule has 2 aromatic rings. The minimum atomic E-state index is -0.939. The van der Waals surface area contributed by atoms with E-state index in [1.165, 1.54) is 12.3 Å². The number of aryl methyl sites for hydroxylation is 1. The number of carboxylic acid groups (broad SMARTS) is 1. The fraction of sp³-hybridized carbons (Fsp3) is 0.111. The largest absolute Gasteiger partial charge is 0.478 e. The van der Waals surface area contributed by atoms with Crippen LogP contribution in [0, 0.1) is 0 Å². The number of rotatable bonds is 1. The Balaban J connectivity index is 2.91. The van der Waals surface area contributed by atoms with E-state index in [1.807, 2.05) is 0 Å². The zero-order chi connectivity index (χ0) is 10.3. The van der Waals surface area contributed by atoms with Crippen LogP contribution in [0.3, 0.4) is 0 Å². The second-order valence-corrected chi connectivity index (χ2v) is 3.74. The zero-order valence-corrected chi connectivity index (χ0v) is 8.95. The first-order chi connectivity index (χ1) is 6.61. The molecule has 0 bridgehead atoms. The number of fused-ring (bicyclic) bond motifs is 1. The number of aromatic carboxylic acids is 1. The van der Waals surface area contributed by atoms with E-state index in [9.17, 15) is 4.79 Å². The molecule has 0 fully saturated rings. The predicted octanol–water partition coefficient (Wildman–Crippen LogP) is 2.03. The average Bonchev–Trinajstić information content (AvgIpc) is 2.43. The molecule has 2 heterocycles. The molecule has 0 unspecified atom stereocenters. The molecule has 0 atom stereocenters. The summed E-state index contributed by atoms with van der Waals surface area (Å²) < 4.78 is 2.57. The summed E-state index contributed by atoms with van der Waals surface area (Å²) in [5.41, 5.74) is 1.58. The van der Waals surface area contributed by atoms with Crippen LogP contribution in [0.4, 0.5) is 0 Å². The monoisotopic (exact) mass is 254 g/mol. The number of carbonyl (C=O) groups is 1. The van der Waals surface area contributed by atoms with Gasteiger partial charge in [-0.2, -0.15) is 0 Å². The van der Waals surface area contributed by atoms with Crippen LogP contribution in [0.1, 0.15) is 10.4 Å². The van der Waals surface area contributed by atoms with E-state index in [1.54, 1.807) is 17.7 Å². The Bertz CT molecular complexity index is 519. The molecule has 5 heteroatoms. The van der Waals surface area contributed by atoms with E-state index >= 15 is 0 Å². The Hall–Kier alpha value is -1.36. The maximum Gasteiger partial charge on any atom is 0.337 e. The molecule has 0 amide bonds. The summed E-state index contributed by atoms with van der Waals surface area (Å²) in [5.74, 6) is -0.939. The summed E-state index contributed by atoms with van der Waals surface area (Å²) in [6.45, 7) is 0. The van der Waals surface area contributed by atoms with E-state index in [2.05, 4.69) is 20.9 Å². The molecule has 72 valence electrons. The first-order valence-corrected chi connectivity index (χ1v) is 4.74. The third kappa shape index (κ3) is 1.21. The maximum absolute atomic E-state index is 10.9. The predicted molar refractivity (Wildman–Crippen MR) is 55.4 cm³/mol. The maximum atomic E-state index is 10.9. The number of pyridine rings is 1. The molecule has 0 spiro atoms. The fourth-order valence-electron chi connectivity index (χ4n) is 1.42. The summed E-state index contributed by atoms with van der Waals surface area (Å²) in [6, 6.07) is 3.29. The molecular formula is C9H7BrN2O2. The summed E-state index contributed by atoms with van der Waals surface area (Å²) in [4.78, 5) is 15.0. The molecule has 14 heavy (non-hydrogen) atoms. The molecule has 0 aliphatic rings. The number of hydrogen-bond acceptors (Lipinski definition) is 2. The van der Waals surface area contributed by atoms with Crippen molar-refractivity contribution in [3.63, 3.8) is 0 Å². The zero-order valence-electron chi connectivity index (χ0n) is 7.36. The standard InChI is InChI=1S/C9H7BrN2O2/c1-12-7(10)4-6-8(12)5(9(13)14)2-3-11-6/h2-4H,1H3,(H,13,14). The van der Waals surface area contributed by atoms with Crippen molar-refractivity contribution in [2.75, 3.05) is 0 Å². The van der Waals surface area contributed by atoms with Crippen molar-refractivity contribution in [3.8, 4) is 0 Å². The third-order valence-electron chi connectivity index (χ3n) is 2.09. The lowest BCUT2D eigenvalue weighted by Gasteiger charge is -2.00. The van der Waals surface area contributed by atoms with E-state index in [0.717, 1.165) is 4.60 Å². The van der Waals surface area contributed by atoms with Crippen molar-refractivity contribution in [3.05, 3.63) is 28.5 Å². The quantitative estimate of drug-likeness (QED) is 0.848. The van der Waals surface area contributed by atoms with Crippen LogP contribution in [-0.4, -0.2) is 20.6 Å². The lowest BCUT2D eigenvalue weighted by molar-refractivity contribution is 0.0698. The highest BCUT2D eigenvalue weighted by Crippen LogP contribution is 2.23. The van der Waals surface area contributed by atoms with Crippen LogP contribution in [0.2, 0.25) is 0 Å². The second-order valence-electron chi connectivity index (χ2n) is 2.92. The number of carboxylic acids is 1. The van der Waals surface area contributed by atoms with Crippen LogP contribution in [0.5, 0.6) is 0 Å². The lowest BCUT2D eigenvalue weighted by Crippen LogP contribution is -2.01. The Kier molecular flexibility index (Phi) is 2.03. The smallest absolute Gasteiger partial charge is 0.337 e. The first kappa shape index (κ1) is 9.21. The van der Waals surface area contributed by atoms with Gasteiger partial charge in [-0.25, -0.2) is 4.79 Å². The van der Waals surface area contributed by atoms with Gasteiger partial charge in [-0.15, -0.1) is 0 Å². The summed E-state index contributed by atoms with van der Waals surface area (Å²) >= 11 is 3.32. The van der Waals surface area contributed by atoms with Gasteiger partial charge in [0.2, 0.25) is 0 Å². The number of nitrogens with zero attached hydrogens (tertiary/aromatic N) is 2. The van der Waals surface area contributed by atoms with Crippen molar-refractivity contribution < 1.29 is 9.90 Å². The molecule has 4 nitrogen and oxygen atoms in total. The number of halogens is 1. The van der Waals surface area contributed by atoms with Crippen LogP contribution in [0.15, 0.2) is 22.9 Å². The van der Waals surface area contributed by atoms with Gasteiger partial charge in [0.25, 0.3) is 0 Å². The van der Waals surface area contributed by atoms with E-state index in [4.69, 9.17) is 5.11 Å². The number of hydrogen-bond donors (Lipinski definition) is 1. The summed E-state index contributed by atoms with van der Waals surface area (Å²) in [6.07, 6.45) is 1.50. The van der Waals surface area contributed by atoms with Crippen LogP contribution >= 0.6 is 15.9 Å². The highest BCUT2D eigenvalue weighted by atomic mass is 79.9. The average molecular weight is 255 g/mol. The molecule has 1 N–H and O–H groups in total. The second kappa shape index (κ2) is 3.09. The molecule has 2 aromatic heterocycles. The Morgan fingerprint density at radius 1 is 1.64 bits per heavy atom. The third-order valence-corrected chi connectivity index (χ3v) is 2.86. The van der Waals surface area contributed by atoms with Gasteiger partial charge in [0, 0.05) is 13.2 Å². The Morgan fingerprint density at radius 2 is 2.36 bits per heavy atom. The van der Waals surface area contributed by atoms with Gasteiger partial charge in [-0.1, -0.05) is 0 Å². The molecule has 0 aliphatic carbocycles. The van der Waals surface area contributed by atoms with E-state index in [0.29, 0.717) is 11.0 Å². The van der Waals surface area contributed by atoms with Crippen molar-refractivity contribution in [1.82, 2.24) is 9.55 Å². The molecule has 0 saturated carbocycles. The SMILES string of the molecule is Cn1c(Br)cc2nccc(C(=O)O)c21. The molecule has 0 aliphatic heterocycles. The number of aromatic nitrogens is 2. The molecule has 0 radical (unpaired) electrons. The van der Waals surface area contributed by atoms with Crippen LogP contribution in [-0.2, 0) is 7.05 Å². The molecule has 0 saturated heterocycles. The van der Waals surface area contributed by atoms with Gasteiger partial charge in [-0.05, 0) is 28.1 Å². The van der Waals surface area contributed by atoms with Gasteiger partial charge in [0.1, 0.15) is 0 Å². The van der Waals surface area contributed by atoms with Crippen molar-refractivity contribution >= 4 is 32.9 Å². The normalized spacial score (nSPS) is 10.7. The van der Waals surface area contributed by atoms with Gasteiger partial charge < -0.3 is 9.67 Å². The minimum absolute atomic E-state index is 0.267. The van der Waals surface area contributed by atoms with Crippen LogP contribution in [0.25, 0.3) is 11.0 Å². The highest BCUT2D eigenvalue weighted by molar-refractivity contribution is 9.10. The molecule has 0 aromatic carbocycles. The van der Waals surface area contributed by atoms with Gasteiger partial charge in [0.05, 0.1) is 21.2 Å². The van der Waals surface area contributed by atoms with Gasteiger partial charge in [0.15, 0.2) is 0 Å². The van der Waals surface area contributed by atoms with Gasteiger partial charge in [-0.3, -0.25) is 4.98 Å². The van der Waals surface area contributed by atoms with Crippen molar-refractivity contribution in [2.45, 2.75) is 0 Å². The summed E-state index contributed by atoms with van der Waals surface area (Å²) in [7, 11) is 1.79. The Morgan fingerprint density at radius 3 is 3.00 bits per heavy atom. The molecular weight excluding hydrogens is 248 g/mol. The lowest BCUT2D eigenvalue weighted by atomic mass is 10.2.